The molecule has 3 aromatic rings. The predicted molar refractivity (Wildman–Crippen MR) is 146 cm³/mol. The van der Waals surface area contributed by atoms with Crippen LogP contribution in [0.5, 0.6) is 5.75 Å². The van der Waals surface area contributed by atoms with Crippen LogP contribution < -0.4 is 10.1 Å². The van der Waals surface area contributed by atoms with Crippen molar-refractivity contribution < 1.29 is 33.7 Å². The average Bonchev–Trinajstić information content (AvgIpc) is 3.20. The number of carboxylic acid groups (broad SMARTS) is 1. The second kappa shape index (κ2) is 11.6. The van der Waals surface area contributed by atoms with Gasteiger partial charge in [0.05, 0.1) is 0 Å². The maximum absolute atomic E-state index is 12.6. The fourth-order valence-electron chi connectivity index (χ4n) is 4.56. The molecule has 0 aliphatic heterocycles. The van der Waals surface area contributed by atoms with Gasteiger partial charge in [-0.1, -0.05) is 60.7 Å². The van der Waals surface area contributed by atoms with Crippen LogP contribution >= 0.6 is 0 Å². The number of hydrogen-bond acceptors (Lipinski definition) is 6. The Morgan fingerprint density at radius 2 is 1.46 bits per heavy atom. The summed E-state index contributed by atoms with van der Waals surface area (Å²) in [4.78, 5) is 36.6. The minimum absolute atomic E-state index is 0.0431. The molecule has 3 aromatic carbocycles. The summed E-state index contributed by atoms with van der Waals surface area (Å²) < 4.78 is 16.5. The number of benzene rings is 3. The molecule has 1 aliphatic carbocycles. The van der Waals surface area contributed by atoms with Gasteiger partial charge in [-0.15, -0.1) is 0 Å². The molecule has 0 bridgehead atoms. The molecule has 2 N–H and O–H groups in total. The monoisotopic (exact) mass is 531 g/mol. The largest absolute Gasteiger partial charge is 0.480 e. The molecule has 2 atom stereocenters. The fraction of sp³-hybridized carbons (Fsp3) is 0.323. The summed E-state index contributed by atoms with van der Waals surface area (Å²) in [5.41, 5.74) is 4.41. The zero-order chi connectivity index (χ0) is 28.2. The molecule has 0 fully saturated rings. The molecule has 204 valence electrons. The molecule has 0 saturated heterocycles. The standard InChI is InChI=1S/C31H33NO7/c1-19(29(35)39-31(2,3)4)38-21-15-13-20(14-16-21)17-27(28(33)34)32-30(36)37-18-26-24-11-7-5-9-22(24)23-10-6-8-12-25(23)26/h5-16,19,26-27H,17-18H2,1-4H3,(H,32,36)(H,33,34)/t19-,27-/m0/s1. The zero-order valence-corrected chi connectivity index (χ0v) is 22.5. The number of rotatable bonds is 9. The Kier molecular flexibility index (Phi) is 8.24. The molecule has 39 heavy (non-hydrogen) atoms. The minimum atomic E-state index is -1.19. The van der Waals surface area contributed by atoms with E-state index in [4.69, 9.17) is 14.2 Å². The molecule has 4 rings (SSSR count). The summed E-state index contributed by atoms with van der Waals surface area (Å²) in [5, 5.41) is 12.2. The first-order chi connectivity index (χ1) is 18.5. The normalized spacial score (nSPS) is 13.9. The molecule has 8 nitrogen and oxygen atoms in total. The molecule has 0 aromatic heterocycles. The molecule has 1 amide bonds. The summed E-state index contributed by atoms with van der Waals surface area (Å²) in [6, 6.07) is 21.4. The molecule has 0 heterocycles. The molecule has 0 saturated carbocycles. The van der Waals surface area contributed by atoms with Gasteiger partial charge in [0, 0.05) is 12.3 Å². The van der Waals surface area contributed by atoms with Gasteiger partial charge in [-0.25, -0.2) is 14.4 Å². The number of alkyl carbamates (subject to hydrolysis) is 1. The maximum Gasteiger partial charge on any atom is 0.407 e. The highest BCUT2D eigenvalue weighted by molar-refractivity contribution is 5.81. The zero-order valence-electron chi connectivity index (χ0n) is 22.5. The van der Waals surface area contributed by atoms with Crippen molar-refractivity contribution in [1.29, 1.82) is 0 Å². The number of fused-ring (bicyclic) bond motifs is 3. The summed E-state index contributed by atoms with van der Waals surface area (Å²) >= 11 is 0. The molecular weight excluding hydrogens is 498 g/mol. The van der Waals surface area contributed by atoms with Crippen molar-refractivity contribution in [2.45, 2.75) is 57.8 Å². The van der Waals surface area contributed by atoms with Crippen molar-refractivity contribution in [2.75, 3.05) is 6.61 Å². The third kappa shape index (κ3) is 6.96. The second-order valence-corrected chi connectivity index (χ2v) is 10.5. The quantitative estimate of drug-likeness (QED) is 0.359. The Balaban J connectivity index is 1.33. The van der Waals surface area contributed by atoms with Gasteiger partial charge in [0.1, 0.15) is 24.0 Å². The maximum atomic E-state index is 12.6. The van der Waals surface area contributed by atoms with E-state index in [-0.39, 0.29) is 18.9 Å². The third-order valence-electron chi connectivity index (χ3n) is 6.35. The number of esters is 1. The Morgan fingerprint density at radius 1 is 0.897 bits per heavy atom. The van der Waals surface area contributed by atoms with E-state index < -0.39 is 35.8 Å². The lowest BCUT2D eigenvalue weighted by atomic mass is 9.98. The van der Waals surface area contributed by atoms with E-state index in [1.165, 1.54) is 0 Å². The first-order valence-electron chi connectivity index (χ1n) is 12.8. The van der Waals surface area contributed by atoms with Crippen LogP contribution in [0.15, 0.2) is 72.8 Å². The first-order valence-corrected chi connectivity index (χ1v) is 12.8. The topological polar surface area (TPSA) is 111 Å². The lowest BCUT2D eigenvalue weighted by Gasteiger charge is -2.22. The number of carboxylic acids is 1. The Hall–Kier alpha value is -4.33. The first kappa shape index (κ1) is 27.7. The molecule has 0 unspecified atom stereocenters. The van der Waals surface area contributed by atoms with Gasteiger partial charge in [-0.3, -0.25) is 0 Å². The van der Waals surface area contributed by atoms with Crippen molar-refractivity contribution >= 4 is 18.0 Å². The molecule has 0 spiro atoms. The van der Waals surface area contributed by atoms with Crippen LogP contribution in [0.3, 0.4) is 0 Å². The number of hydrogen-bond donors (Lipinski definition) is 2. The summed E-state index contributed by atoms with van der Waals surface area (Å²) in [7, 11) is 0. The molecular formula is C31H33NO7. The number of carbonyl (C=O) groups is 3. The van der Waals surface area contributed by atoms with Crippen molar-refractivity contribution in [1.82, 2.24) is 5.32 Å². The SMILES string of the molecule is C[C@H](Oc1ccc(C[C@H](NC(=O)OCC2c3ccccc3-c3ccccc32)C(=O)O)cc1)C(=O)OC(C)(C)C. The van der Waals surface area contributed by atoms with Crippen LogP contribution in [0.1, 0.15) is 50.3 Å². The molecule has 0 radical (unpaired) electrons. The highest BCUT2D eigenvalue weighted by Gasteiger charge is 2.30. The van der Waals surface area contributed by atoms with E-state index >= 15 is 0 Å². The van der Waals surface area contributed by atoms with E-state index in [0.717, 1.165) is 22.3 Å². The minimum Gasteiger partial charge on any atom is -0.480 e. The number of nitrogens with one attached hydrogen (secondary N) is 1. The number of ether oxygens (including phenoxy) is 3. The fourth-order valence-corrected chi connectivity index (χ4v) is 4.56. The summed E-state index contributed by atoms with van der Waals surface area (Å²) in [5.74, 6) is -1.34. The van der Waals surface area contributed by atoms with E-state index in [2.05, 4.69) is 5.32 Å². The number of amides is 1. The lowest BCUT2D eigenvalue weighted by molar-refractivity contribution is -0.162. The van der Waals surface area contributed by atoms with E-state index in [9.17, 15) is 19.5 Å². The van der Waals surface area contributed by atoms with Crippen molar-refractivity contribution in [2.24, 2.45) is 0 Å². The highest BCUT2D eigenvalue weighted by atomic mass is 16.6. The van der Waals surface area contributed by atoms with Crippen molar-refractivity contribution in [3.8, 4) is 16.9 Å². The second-order valence-electron chi connectivity index (χ2n) is 10.5. The third-order valence-corrected chi connectivity index (χ3v) is 6.35. The van der Waals surface area contributed by atoms with E-state index in [1.54, 1.807) is 52.0 Å². The van der Waals surface area contributed by atoms with Crippen LogP contribution in [0.2, 0.25) is 0 Å². The van der Waals surface area contributed by atoms with Gasteiger partial charge in [-0.2, -0.15) is 0 Å². The Labute approximate surface area is 227 Å². The van der Waals surface area contributed by atoms with Crippen molar-refractivity contribution in [3.63, 3.8) is 0 Å². The smallest absolute Gasteiger partial charge is 0.407 e. The van der Waals surface area contributed by atoms with Gasteiger partial charge >= 0.3 is 18.0 Å². The average molecular weight is 532 g/mol. The van der Waals surface area contributed by atoms with Crippen LogP contribution in [0.25, 0.3) is 11.1 Å². The summed E-state index contributed by atoms with van der Waals surface area (Å²) in [6.07, 6.45) is -1.56. The van der Waals surface area contributed by atoms with Crippen LogP contribution in [-0.4, -0.2) is 47.5 Å². The summed E-state index contributed by atoms with van der Waals surface area (Å²) in [6.45, 7) is 7.03. The predicted octanol–water partition coefficient (Wildman–Crippen LogP) is 5.33. The van der Waals surface area contributed by atoms with Gasteiger partial charge < -0.3 is 24.6 Å². The van der Waals surface area contributed by atoms with E-state index in [0.29, 0.717) is 11.3 Å². The van der Waals surface area contributed by atoms with Gasteiger partial charge in [-0.05, 0) is 67.6 Å². The van der Waals surface area contributed by atoms with Gasteiger partial charge in [0.15, 0.2) is 6.10 Å². The number of carbonyl (C=O) groups excluding carboxylic acids is 2. The van der Waals surface area contributed by atoms with Gasteiger partial charge in [0.25, 0.3) is 0 Å². The van der Waals surface area contributed by atoms with Crippen LogP contribution in [-0.2, 0) is 25.5 Å². The Bertz CT molecular complexity index is 1300. The van der Waals surface area contributed by atoms with Crippen LogP contribution in [0, 0.1) is 0 Å². The van der Waals surface area contributed by atoms with Crippen LogP contribution in [0.4, 0.5) is 4.79 Å². The lowest BCUT2D eigenvalue weighted by Crippen LogP contribution is -2.42. The highest BCUT2D eigenvalue weighted by Crippen LogP contribution is 2.44. The number of aliphatic carboxylic acids is 1. The van der Waals surface area contributed by atoms with Gasteiger partial charge in [0.2, 0.25) is 0 Å². The van der Waals surface area contributed by atoms with Crippen molar-refractivity contribution in [3.05, 3.63) is 89.5 Å². The molecule has 1 aliphatic rings. The van der Waals surface area contributed by atoms with E-state index in [1.807, 2.05) is 48.5 Å². The molecule has 8 heteroatoms. The Morgan fingerprint density at radius 3 is 2.00 bits per heavy atom.